The van der Waals surface area contributed by atoms with Gasteiger partial charge in [-0.15, -0.1) is 0 Å². The van der Waals surface area contributed by atoms with Crippen molar-refractivity contribution in [1.29, 1.82) is 0 Å². The zero-order valence-electron chi connectivity index (χ0n) is 14.9. The third-order valence-electron chi connectivity index (χ3n) is 4.12. The zero-order chi connectivity index (χ0) is 19.1. The second kappa shape index (κ2) is 8.99. The molecule has 0 saturated heterocycles. The van der Waals surface area contributed by atoms with E-state index in [1.54, 1.807) is 13.8 Å². The van der Waals surface area contributed by atoms with Gasteiger partial charge in [0.1, 0.15) is 6.04 Å². The maximum absolute atomic E-state index is 12.3. The SMILES string of the molecule is CCOC(=O)C[C@H](C)[C@@H](NC(=O)Cc1ccc2ccccc2c1)C(=O)O. The zero-order valence-corrected chi connectivity index (χ0v) is 14.9. The highest BCUT2D eigenvalue weighted by Crippen LogP contribution is 2.16. The summed E-state index contributed by atoms with van der Waals surface area (Å²) in [5, 5.41) is 14.0. The first-order chi connectivity index (χ1) is 12.4. The number of amides is 1. The van der Waals surface area contributed by atoms with Crippen molar-refractivity contribution < 1.29 is 24.2 Å². The number of rotatable bonds is 8. The number of esters is 1. The van der Waals surface area contributed by atoms with Gasteiger partial charge in [-0.3, -0.25) is 9.59 Å². The molecule has 2 aromatic rings. The maximum Gasteiger partial charge on any atom is 0.326 e. The van der Waals surface area contributed by atoms with Crippen molar-refractivity contribution in [1.82, 2.24) is 5.32 Å². The van der Waals surface area contributed by atoms with Crippen LogP contribution in [0.25, 0.3) is 10.8 Å². The van der Waals surface area contributed by atoms with E-state index < -0.39 is 29.8 Å². The predicted octanol–water partition coefficient (Wildman–Crippen LogP) is 2.54. The number of carboxylic acids is 1. The molecule has 2 N–H and O–H groups in total. The van der Waals surface area contributed by atoms with Crippen molar-refractivity contribution in [2.45, 2.75) is 32.7 Å². The average Bonchev–Trinajstić information content (AvgIpc) is 2.59. The Morgan fingerprint density at radius 3 is 2.46 bits per heavy atom. The highest BCUT2D eigenvalue weighted by molar-refractivity contribution is 5.87. The summed E-state index contributed by atoms with van der Waals surface area (Å²) in [7, 11) is 0. The summed E-state index contributed by atoms with van der Waals surface area (Å²) in [5.41, 5.74) is 0.795. The third kappa shape index (κ3) is 5.31. The number of hydrogen-bond acceptors (Lipinski definition) is 4. The van der Waals surface area contributed by atoms with Gasteiger partial charge < -0.3 is 15.2 Å². The van der Waals surface area contributed by atoms with Gasteiger partial charge in [-0.1, -0.05) is 49.4 Å². The van der Waals surface area contributed by atoms with E-state index in [1.807, 2.05) is 42.5 Å². The molecule has 138 valence electrons. The van der Waals surface area contributed by atoms with E-state index in [1.165, 1.54) is 0 Å². The van der Waals surface area contributed by atoms with E-state index in [9.17, 15) is 19.5 Å². The average molecular weight is 357 g/mol. The van der Waals surface area contributed by atoms with Crippen LogP contribution in [0.2, 0.25) is 0 Å². The smallest absolute Gasteiger partial charge is 0.326 e. The molecule has 2 aromatic carbocycles. The van der Waals surface area contributed by atoms with Gasteiger partial charge in [-0.2, -0.15) is 0 Å². The molecule has 0 aliphatic rings. The van der Waals surface area contributed by atoms with Crippen molar-refractivity contribution in [3.8, 4) is 0 Å². The number of benzene rings is 2. The first-order valence-electron chi connectivity index (χ1n) is 8.56. The van der Waals surface area contributed by atoms with Crippen molar-refractivity contribution in [3.05, 3.63) is 48.0 Å². The topological polar surface area (TPSA) is 92.7 Å². The quantitative estimate of drug-likeness (QED) is 0.708. The van der Waals surface area contributed by atoms with Gasteiger partial charge in [0, 0.05) is 0 Å². The summed E-state index contributed by atoms with van der Waals surface area (Å²) in [4.78, 5) is 35.3. The van der Waals surface area contributed by atoms with E-state index in [0.717, 1.165) is 16.3 Å². The van der Waals surface area contributed by atoms with Crippen molar-refractivity contribution in [2.24, 2.45) is 5.92 Å². The Morgan fingerprint density at radius 2 is 1.81 bits per heavy atom. The minimum absolute atomic E-state index is 0.0684. The fraction of sp³-hybridized carbons (Fsp3) is 0.350. The van der Waals surface area contributed by atoms with Gasteiger partial charge in [0.15, 0.2) is 0 Å². The van der Waals surface area contributed by atoms with Gasteiger partial charge >= 0.3 is 11.9 Å². The number of carboxylic acid groups (broad SMARTS) is 1. The Morgan fingerprint density at radius 1 is 1.12 bits per heavy atom. The van der Waals surface area contributed by atoms with Crippen molar-refractivity contribution >= 4 is 28.6 Å². The summed E-state index contributed by atoms with van der Waals surface area (Å²) in [5.74, 6) is -2.63. The van der Waals surface area contributed by atoms with Crippen LogP contribution in [0.15, 0.2) is 42.5 Å². The minimum Gasteiger partial charge on any atom is -0.480 e. The van der Waals surface area contributed by atoms with Gasteiger partial charge in [0.05, 0.1) is 19.4 Å². The monoisotopic (exact) mass is 357 g/mol. The number of ether oxygens (including phenoxy) is 1. The normalized spacial score (nSPS) is 13.0. The third-order valence-corrected chi connectivity index (χ3v) is 4.12. The maximum atomic E-state index is 12.3. The highest BCUT2D eigenvalue weighted by atomic mass is 16.5. The largest absolute Gasteiger partial charge is 0.480 e. The lowest BCUT2D eigenvalue weighted by Crippen LogP contribution is -2.46. The molecule has 6 heteroatoms. The number of hydrogen-bond donors (Lipinski definition) is 2. The molecule has 6 nitrogen and oxygen atoms in total. The molecule has 2 rings (SSSR count). The second-order valence-electron chi connectivity index (χ2n) is 6.23. The van der Waals surface area contributed by atoms with Crippen LogP contribution in [0.4, 0.5) is 0 Å². The first kappa shape index (κ1) is 19.4. The van der Waals surface area contributed by atoms with E-state index in [0.29, 0.717) is 0 Å². The molecule has 0 aliphatic heterocycles. The molecule has 0 heterocycles. The predicted molar refractivity (Wildman–Crippen MR) is 97.6 cm³/mol. The van der Waals surface area contributed by atoms with Crippen LogP contribution in [-0.2, 0) is 25.5 Å². The van der Waals surface area contributed by atoms with Gasteiger partial charge in [-0.25, -0.2) is 4.79 Å². The van der Waals surface area contributed by atoms with Gasteiger partial charge in [0.2, 0.25) is 5.91 Å². The van der Waals surface area contributed by atoms with E-state index >= 15 is 0 Å². The number of carbonyl (C=O) groups excluding carboxylic acids is 2. The van der Waals surface area contributed by atoms with Crippen LogP contribution in [0.3, 0.4) is 0 Å². The molecule has 0 fully saturated rings. The lowest BCUT2D eigenvalue weighted by atomic mass is 9.97. The molecule has 0 spiro atoms. The molecule has 26 heavy (non-hydrogen) atoms. The van der Waals surface area contributed by atoms with Gasteiger partial charge in [-0.05, 0) is 29.2 Å². The van der Waals surface area contributed by atoms with Crippen LogP contribution >= 0.6 is 0 Å². The lowest BCUT2D eigenvalue weighted by molar-refractivity contribution is -0.147. The molecular formula is C20H23NO5. The molecule has 0 unspecified atom stereocenters. The van der Waals surface area contributed by atoms with Crippen LogP contribution in [0.1, 0.15) is 25.8 Å². The fourth-order valence-electron chi connectivity index (χ4n) is 2.81. The molecule has 2 atom stereocenters. The molecule has 1 amide bonds. The minimum atomic E-state index is -1.17. The lowest BCUT2D eigenvalue weighted by Gasteiger charge is -2.20. The molecule has 0 aromatic heterocycles. The first-order valence-corrected chi connectivity index (χ1v) is 8.56. The Bertz CT molecular complexity index is 802. The van der Waals surface area contributed by atoms with Crippen LogP contribution < -0.4 is 5.32 Å². The van der Waals surface area contributed by atoms with Crippen molar-refractivity contribution in [2.75, 3.05) is 6.61 Å². The number of aliphatic carboxylic acids is 1. The number of carbonyl (C=O) groups is 3. The molecule has 0 aliphatic carbocycles. The molecule has 0 saturated carbocycles. The van der Waals surface area contributed by atoms with Crippen molar-refractivity contribution in [3.63, 3.8) is 0 Å². The van der Waals surface area contributed by atoms with Gasteiger partial charge in [0.25, 0.3) is 0 Å². The van der Waals surface area contributed by atoms with E-state index in [-0.39, 0.29) is 19.4 Å². The van der Waals surface area contributed by atoms with Crippen LogP contribution in [0.5, 0.6) is 0 Å². The van der Waals surface area contributed by atoms with E-state index in [4.69, 9.17) is 4.74 Å². The Balaban J connectivity index is 2.02. The number of nitrogens with one attached hydrogen (secondary N) is 1. The number of fused-ring (bicyclic) bond motifs is 1. The fourth-order valence-corrected chi connectivity index (χ4v) is 2.81. The molecular weight excluding hydrogens is 334 g/mol. The summed E-state index contributed by atoms with van der Waals surface area (Å²) < 4.78 is 4.84. The van der Waals surface area contributed by atoms with Crippen LogP contribution in [-0.4, -0.2) is 35.6 Å². The summed E-state index contributed by atoms with van der Waals surface area (Å²) >= 11 is 0. The molecule has 0 bridgehead atoms. The van der Waals surface area contributed by atoms with Crippen LogP contribution in [0, 0.1) is 5.92 Å². The Kier molecular flexibility index (Phi) is 6.72. The highest BCUT2D eigenvalue weighted by Gasteiger charge is 2.28. The summed E-state index contributed by atoms with van der Waals surface area (Å²) in [6.07, 6.45) is 0.00179. The molecule has 0 radical (unpaired) electrons. The Hall–Kier alpha value is -2.89. The standard InChI is InChI=1S/C20H23NO5/c1-3-26-18(23)10-13(2)19(20(24)25)21-17(22)12-14-8-9-15-6-4-5-7-16(15)11-14/h4-9,11,13,19H,3,10,12H2,1-2H3,(H,21,22)(H,24,25)/t13-,19+/m0/s1. The summed E-state index contributed by atoms with van der Waals surface area (Å²) in [6.45, 7) is 3.52. The Labute approximate surface area is 152 Å². The van der Waals surface area contributed by atoms with E-state index in [2.05, 4.69) is 5.32 Å². The second-order valence-corrected chi connectivity index (χ2v) is 6.23. The summed E-state index contributed by atoms with van der Waals surface area (Å²) in [6, 6.07) is 12.3.